The van der Waals surface area contributed by atoms with Crippen molar-refractivity contribution in [2.24, 2.45) is 0 Å². The van der Waals surface area contributed by atoms with E-state index in [2.05, 4.69) is 0 Å². The van der Waals surface area contributed by atoms with E-state index in [0.29, 0.717) is 0 Å². The SMILES string of the molecule is O=C(O)C(CCO)c1csc2ccccc12. The Labute approximate surface area is 97.0 Å². The molecule has 16 heavy (non-hydrogen) atoms. The van der Waals surface area contributed by atoms with Crippen LogP contribution in [0.4, 0.5) is 0 Å². The molecule has 1 aromatic heterocycles. The third-order valence-electron chi connectivity index (χ3n) is 2.60. The molecule has 0 aliphatic heterocycles. The molecule has 0 aliphatic carbocycles. The number of hydrogen-bond donors (Lipinski definition) is 2. The molecule has 1 atom stereocenters. The third-order valence-corrected chi connectivity index (χ3v) is 3.58. The number of fused-ring (bicyclic) bond motifs is 1. The Morgan fingerprint density at radius 3 is 2.81 bits per heavy atom. The van der Waals surface area contributed by atoms with Gasteiger partial charge in [-0.25, -0.2) is 0 Å². The van der Waals surface area contributed by atoms with Gasteiger partial charge in [-0.05, 0) is 28.8 Å². The molecule has 2 rings (SSSR count). The lowest BCUT2D eigenvalue weighted by Crippen LogP contribution is -2.12. The summed E-state index contributed by atoms with van der Waals surface area (Å²) in [5, 5.41) is 20.9. The van der Waals surface area contributed by atoms with Crippen LogP contribution >= 0.6 is 11.3 Å². The Bertz CT molecular complexity index is 504. The van der Waals surface area contributed by atoms with Crippen LogP contribution in [0.3, 0.4) is 0 Å². The van der Waals surface area contributed by atoms with Crippen molar-refractivity contribution in [2.75, 3.05) is 6.61 Å². The van der Waals surface area contributed by atoms with Crippen molar-refractivity contribution in [3.8, 4) is 0 Å². The largest absolute Gasteiger partial charge is 0.481 e. The average molecular weight is 236 g/mol. The van der Waals surface area contributed by atoms with Crippen LogP contribution in [-0.2, 0) is 4.79 Å². The molecule has 84 valence electrons. The third kappa shape index (κ3) is 1.94. The summed E-state index contributed by atoms with van der Waals surface area (Å²) in [5.74, 6) is -1.49. The quantitative estimate of drug-likeness (QED) is 0.857. The van der Waals surface area contributed by atoms with Crippen molar-refractivity contribution < 1.29 is 15.0 Å². The summed E-state index contributed by atoms with van der Waals surface area (Å²) < 4.78 is 1.08. The Balaban J connectivity index is 2.48. The molecule has 1 unspecified atom stereocenters. The van der Waals surface area contributed by atoms with Crippen LogP contribution in [0.2, 0.25) is 0 Å². The first-order valence-corrected chi connectivity index (χ1v) is 5.92. The number of thiophene rings is 1. The molecule has 0 spiro atoms. The molecular formula is C12H12O3S. The Kier molecular flexibility index (Phi) is 3.22. The van der Waals surface area contributed by atoms with Crippen molar-refractivity contribution in [1.82, 2.24) is 0 Å². The molecule has 2 N–H and O–H groups in total. The lowest BCUT2D eigenvalue weighted by atomic mass is 9.96. The van der Waals surface area contributed by atoms with Crippen LogP contribution < -0.4 is 0 Å². The number of aliphatic carboxylic acids is 1. The van der Waals surface area contributed by atoms with Crippen molar-refractivity contribution in [1.29, 1.82) is 0 Å². The summed E-state index contributed by atoms with van der Waals surface area (Å²) in [5.41, 5.74) is 0.808. The van der Waals surface area contributed by atoms with Crippen molar-refractivity contribution in [2.45, 2.75) is 12.3 Å². The first kappa shape index (κ1) is 11.1. The van der Waals surface area contributed by atoms with E-state index in [-0.39, 0.29) is 13.0 Å². The van der Waals surface area contributed by atoms with E-state index >= 15 is 0 Å². The fourth-order valence-corrected chi connectivity index (χ4v) is 2.82. The zero-order chi connectivity index (χ0) is 11.5. The zero-order valence-corrected chi connectivity index (χ0v) is 9.41. The van der Waals surface area contributed by atoms with Gasteiger partial charge >= 0.3 is 5.97 Å². The number of carboxylic acids is 1. The van der Waals surface area contributed by atoms with Crippen molar-refractivity contribution in [3.63, 3.8) is 0 Å². The molecule has 0 aliphatic rings. The topological polar surface area (TPSA) is 57.5 Å². The van der Waals surface area contributed by atoms with E-state index in [9.17, 15) is 4.79 Å². The Morgan fingerprint density at radius 1 is 1.38 bits per heavy atom. The highest BCUT2D eigenvalue weighted by Crippen LogP contribution is 2.32. The van der Waals surface area contributed by atoms with E-state index in [1.165, 1.54) is 0 Å². The van der Waals surface area contributed by atoms with Crippen LogP contribution in [0, 0.1) is 0 Å². The van der Waals surface area contributed by atoms with Gasteiger partial charge in [0.1, 0.15) is 0 Å². The second kappa shape index (κ2) is 4.63. The lowest BCUT2D eigenvalue weighted by Gasteiger charge is -2.09. The number of benzene rings is 1. The number of rotatable bonds is 4. The maximum atomic E-state index is 11.1. The second-order valence-electron chi connectivity index (χ2n) is 3.59. The normalized spacial score (nSPS) is 12.8. The van der Waals surface area contributed by atoms with Gasteiger partial charge in [-0.2, -0.15) is 0 Å². The Hall–Kier alpha value is -1.39. The summed E-state index contributed by atoms with van der Waals surface area (Å²) in [7, 11) is 0. The van der Waals surface area contributed by atoms with Gasteiger partial charge in [0.2, 0.25) is 0 Å². The lowest BCUT2D eigenvalue weighted by molar-refractivity contribution is -0.139. The average Bonchev–Trinajstić information content (AvgIpc) is 2.69. The number of carboxylic acid groups (broad SMARTS) is 1. The highest BCUT2D eigenvalue weighted by molar-refractivity contribution is 7.17. The van der Waals surface area contributed by atoms with E-state index in [0.717, 1.165) is 15.6 Å². The number of aliphatic hydroxyl groups is 1. The van der Waals surface area contributed by atoms with Crippen molar-refractivity contribution >= 4 is 27.4 Å². The minimum absolute atomic E-state index is 0.110. The predicted octanol–water partition coefficient (Wildman–Crippen LogP) is 2.45. The van der Waals surface area contributed by atoms with Gasteiger partial charge < -0.3 is 10.2 Å². The summed E-state index contributed by atoms with van der Waals surface area (Å²) >= 11 is 1.54. The standard InChI is InChI=1S/C12H12O3S/c13-6-5-9(12(14)15)10-7-16-11-4-2-1-3-8(10)11/h1-4,7,9,13H,5-6H2,(H,14,15). The first-order valence-electron chi connectivity index (χ1n) is 5.04. The van der Waals surface area contributed by atoms with Crippen LogP contribution in [0.1, 0.15) is 17.9 Å². The number of aliphatic hydroxyl groups excluding tert-OH is 1. The van der Waals surface area contributed by atoms with E-state index in [1.54, 1.807) is 11.3 Å². The second-order valence-corrected chi connectivity index (χ2v) is 4.50. The summed E-state index contributed by atoms with van der Waals surface area (Å²) in [6.45, 7) is -0.110. The summed E-state index contributed by atoms with van der Waals surface area (Å²) in [4.78, 5) is 11.1. The molecule has 4 heteroatoms. The van der Waals surface area contributed by atoms with Gasteiger partial charge in [-0.1, -0.05) is 18.2 Å². The number of carbonyl (C=O) groups is 1. The van der Waals surface area contributed by atoms with E-state index < -0.39 is 11.9 Å². The highest BCUT2D eigenvalue weighted by atomic mass is 32.1. The van der Waals surface area contributed by atoms with Gasteiger partial charge in [0.25, 0.3) is 0 Å². The molecule has 3 nitrogen and oxygen atoms in total. The zero-order valence-electron chi connectivity index (χ0n) is 8.59. The molecule has 1 aromatic carbocycles. The van der Waals surface area contributed by atoms with Crippen LogP contribution in [-0.4, -0.2) is 22.8 Å². The smallest absolute Gasteiger partial charge is 0.311 e. The van der Waals surface area contributed by atoms with Crippen molar-refractivity contribution in [3.05, 3.63) is 35.2 Å². The fourth-order valence-electron chi connectivity index (χ4n) is 1.81. The molecule has 0 saturated carbocycles. The molecule has 2 aromatic rings. The minimum atomic E-state index is -0.877. The number of hydrogen-bond acceptors (Lipinski definition) is 3. The van der Waals surface area contributed by atoms with Gasteiger partial charge in [0, 0.05) is 11.3 Å². The molecule has 0 fully saturated rings. The van der Waals surface area contributed by atoms with Gasteiger partial charge in [0.05, 0.1) is 5.92 Å². The summed E-state index contributed by atoms with van der Waals surface area (Å²) in [6, 6.07) is 7.73. The summed E-state index contributed by atoms with van der Waals surface area (Å²) in [6.07, 6.45) is 0.260. The highest BCUT2D eigenvalue weighted by Gasteiger charge is 2.22. The van der Waals surface area contributed by atoms with E-state index in [4.69, 9.17) is 10.2 Å². The molecule has 0 amide bonds. The molecular weight excluding hydrogens is 224 g/mol. The molecule has 1 heterocycles. The molecule has 0 saturated heterocycles. The monoisotopic (exact) mass is 236 g/mol. The minimum Gasteiger partial charge on any atom is -0.481 e. The Morgan fingerprint density at radius 2 is 2.12 bits per heavy atom. The predicted molar refractivity (Wildman–Crippen MR) is 63.9 cm³/mol. The fraction of sp³-hybridized carbons (Fsp3) is 0.250. The van der Waals surface area contributed by atoms with Gasteiger partial charge in [0.15, 0.2) is 0 Å². The van der Waals surface area contributed by atoms with E-state index in [1.807, 2.05) is 29.6 Å². The van der Waals surface area contributed by atoms with Crippen LogP contribution in [0.15, 0.2) is 29.6 Å². The van der Waals surface area contributed by atoms with Crippen LogP contribution in [0.5, 0.6) is 0 Å². The van der Waals surface area contributed by atoms with Crippen LogP contribution in [0.25, 0.3) is 10.1 Å². The maximum absolute atomic E-state index is 11.1. The molecule has 0 radical (unpaired) electrons. The maximum Gasteiger partial charge on any atom is 0.311 e. The first-order chi connectivity index (χ1) is 7.74. The molecule has 0 bridgehead atoms. The van der Waals surface area contributed by atoms with Gasteiger partial charge in [-0.3, -0.25) is 4.79 Å². The van der Waals surface area contributed by atoms with Gasteiger partial charge in [-0.15, -0.1) is 11.3 Å².